The number of carbonyl (C=O) groups is 1. The van der Waals surface area contributed by atoms with E-state index in [1.807, 2.05) is 30.3 Å². The first-order chi connectivity index (χ1) is 8.79. The van der Waals surface area contributed by atoms with E-state index in [0.717, 1.165) is 25.0 Å². The van der Waals surface area contributed by atoms with Gasteiger partial charge < -0.3 is 15.4 Å². The highest BCUT2D eigenvalue weighted by Gasteiger charge is 2.21. The van der Waals surface area contributed by atoms with Gasteiger partial charge in [-0.1, -0.05) is 30.3 Å². The van der Waals surface area contributed by atoms with E-state index in [-0.39, 0.29) is 18.6 Å². The summed E-state index contributed by atoms with van der Waals surface area (Å²) in [5.41, 5.74) is 6.59. The molecule has 2 N–H and O–H groups in total. The average molecular weight is 248 g/mol. The van der Waals surface area contributed by atoms with E-state index >= 15 is 0 Å². The van der Waals surface area contributed by atoms with Crippen molar-refractivity contribution in [3.05, 3.63) is 35.9 Å². The van der Waals surface area contributed by atoms with Crippen molar-refractivity contribution in [2.24, 2.45) is 5.73 Å². The maximum absolute atomic E-state index is 11.8. The lowest BCUT2D eigenvalue weighted by Crippen LogP contribution is -2.40. The lowest BCUT2D eigenvalue weighted by Gasteiger charge is -2.25. The number of rotatable bonds is 5. The SMILES string of the molecule is NCC(=O)N(Cc1ccccc1)CC1CCCO1. The van der Waals surface area contributed by atoms with Gasteiger partial charge >= 0.3 is 0 Å². The Bertz CT molecular complexity index is 375. The molecule has 0 bridgehead atoms. The minimum Gasteiger partial charge on any atom is -0.376 e. The number of nitrogens with zero attached hydrogens (tertiary/aromatic N) is 1. The molecule has 18 heavy (non-hydrogen) atoms. The predicted octanol–water partition coefficient (Wildman–Crippen LogP) is 1.15. The largest absolute Gasteiger partial charge is 0.376 e. The van der Waals surface area contributed by atoms with Gasteiger partial charge in [0.25, 0.3) is 0 Å². The molecule has 0 aromatic heterocycles. The van der Waals surface area contributed by atoms with Crippen molar-refractivity contribution in [3.63, 3.8) is 0 Å². The van der Waals surface area contributed by atoms with Crippen molar-refractivity contribution in [2.45, 2.75) is 25.5 Å². The van der Waals surface area contributed by atoms with Crippen LogP contribution in [0.15, 0.2) is 30.3 Å². The average Bonchev–Trinajstić information content (AvgIpc) is 2.91. The first-order valence-corrected chi connectivity index (χ1v) is 6.43. The second-order valence-electron chi connectivity index (χ2n) is 4.60. The summed E-state index contributed by atoms with van der Waals surface area (Å²) in [6.07, 6.45) is 2.29. The molecule has 1 aliphatic rings. The number of carbonyl (C=O) groups excluding carboxylic acids is 1. The molecule has 0 spiro atoms. The third kappa shape index (κ3) is 3.55. The number of hydrogen-bond acceptors (Lipinski definition) is 3. The third-order valence-electron chi connectivity index (χ3n) is 3.19. The summed E-state index contributed by atoms with van der Waals surface area (Å²) < 4.78 is 5.58. The summed E-state index contributed by atoms with van der Waals surface area (Å²) in [4.78, 5) is 13.6. The molecule has 1 amide bonds. The monoisotopic (exact) mass is 248 g/mol. The van der Waals surface area contributed by atoms with Gasteiger partial charge in [-0.3, -0.25) is 4.79 Å². The third-order valence-corrected chi connectivity index (χ3v) is 3.19. The number of hydrogen-bond donors (Lipinski definition) is 1. The molecule has 1 aliphatic heterocycles. The molecule has 1 atom stereocenters. The Balaban J connectivity index is 1.98. The first-order valence-electron chi connectivity index (χ1n) is 6.43. The molecule has 1 fully saturated rings. The fourth-order valence-corrected chi connectivity index (χ4v) is 2.22. The van der Waals surface area contributed by atoms with Crippen LogP contribution in [0.25, 0.3) is 0 Å². The molecule has 1 aromatic rings. The van der Waals surface area contributed by atoms with E-state index in [2.05, 4.69) is 0 Å². The fraction of sp³-hybridized carbons (Fsp3) is 0.500. The van der Waals surface area contributed by atoms with E-state index in [1.54, 1.807) is 4.90 Å². The highest BCUT2D eigenvalue weighted by Crippen LogP contribution is 2.15. The number of nitrogens with two attached hydrogens (primary N) is 1. The summed E-state index contributed by atoms with van der Waals surface area (Å²) in [6.45, 7) is 2.11. The Morgan fingerprint density at radius 2 is 2.17 bits per heavy atom. The molecule has 4 heteroatoms. The Kier molecular flexibility index (Phi) is 4.73. The second kappa shape index (κ2) is 6.52. The molecule has 98 valence electrons. The zero-order chi connectivity index (χ0) is 12.8. The molecule has 1 heterocycles. The number of benzene rings is 1. The van der Waals surface area contributed by atoms with Crippen LogP contribution in [0.1, 0.15) is 18.4 Å². The van der Waals surface area contributed by atoms with Gasteiger partial charge in [-0.05, 0) is 18.4 Å². The van der Waals surface area contributed by atoms with Crippen LogP contribution in [0.5, 0.6) is 0 Å². The van der Waals surface area contributed by atoms with E-state index in [1.165, 1.54) is 0 Å². The van der Waals surface area contributed by atoms with Crippen LogP contribution in [-0.2, 0) is 16.1 Å². The zero-order valence-electron chi connectivity index (χ0n) is 10.5. The molecular formula is C14H20N2O2. The Hall–Kier alpha value is -1.39. The van der Waals surface area contributed by atoms with Crippen LogP contribution in [0.2, 0.25) is 0 Å². The van der Waals surface area contributed by atoms with E-state index in [4.69, 9.17) is 10.5 Å². The predicted molar refractivity (Wildman–Crippen MR) is 69.9 cm³/mol. The van der Waals surface area contributed by atoms with Gasteiger partial charge in [0.15, 0.2) is 0 Å². The number of ether oxygens (including phenoxy) is 1. The minimum atomic E-state index is -0.0191. The van der Waals surface area contributed by atoms with Crippen LogP contribution in [0.3, 0.4) is 0 Å². The molecule has 1 saturated heterocycles. The summed E-state index contributed by atoms with van der Waals surface area (Å²) in [5.74, 6) is -0.0191. The zero-order valence-corrected chi connectivity index (χ0v) is 10.5. The van der Waals surface area contributed by atoms with Crippen LogP contribution < -0.4 is 5.73 Å². The maximum atomic E-state index is 11.8. The topological polar surface area (TPSA) is 55.6 Å². The highest BCUT2D eigenvalue weighted by atomic mass is 16.5. The smallest absolute Gasteiger partial charge is 0.236 e. The first kappa shape index (κ1) is 13.1. The van der Waals surface area contributed by atoms with Crippen molar-refractivity contribution in [3.8, 4) is 0 Å². The normalized spacial score (nSPS) is 18.8. The van der Waals surface area contributed by atoms with Gasteiger partial charge in [0.05, 0.1) is 12.6 Å². The molecule has 1 unspecified atom stereocenters. The van der Waals surface area contributed by atoms with Crippen LogP contribution in [-0.4, -0.2) is 36.6 Å². The fourth-order valence-electron chi connectivity index (χ4n) is 2.22. The van der Waals surface area contributed by atoms with Crippen molar-refractivity contribution in [1.82, 2.24) is 4.90 Å². The van der Waals surface area contributed by atoms with Crippen molar-refractivity contribution in [1.29, 1.82) is 0 Å². The van der Waals surface area contributed by atoms with Crippen LogP contribution >= 0.6 is 0 Å². The molecule has 2 rings (SSSR count). The van der Waals surface area contributed by atoms with Gasteiger partial charge in [0.1, 0.15) is 0 Å². The van der Waals surface area contributed by atoms with Gasteiger partial charge in [0.2, 0.25) is 5.91 Å². The van der Waals surface area contributed by atoms with E-state index in [9.17, 15) is 4.79 Å². The summed E-state index contributed by atoms with van der Waals surface area (Å²) in [5, 5.41) is 0. The van der Waals surface area contributed by atoms with Crippen molar-refractivity contribution in [2.75, 3.05) is 19.7 Å². The lowest BCUT2D eigenvalue weighted by atomic mass is 10.2. The van der Waals surface area contributed by atoms with Gasteiger partial charge in [-0.15, -0.1) is 0 Å². The Morgan fingerprint density at radius 1 is 1.39 bits per heavy atom. The minimum absolute atomic E-state index is 0.0191. The van der Waals surface area contributed by atoms with Crippen LogP contribution in [0, 0.1) is 0 Å². The summed E-state index contributed by atoms with van der Waals surface area (Å²) in [6, 6.07) is 9.97. The Morgan fingerprint density at radius 3 is 2.78 bits per heavy atom. The molecular weight excluding hydrogens is 228 g/mol. The van der Waals surface area contributed by atoms with Crippen molar-refractivity contribution >= 4 is 5.91 Å². The number of amides is 1. The maximum Gasteiger partial charge on any atom is 0.236 e. The van der Waals surface area contributed by atoms with Gasteiger partial charge in [-0.2, -0.15) is 0 Å². The standard InChI is InChI=1S/C14H20N2O2/c15-9-14(17)16(11-13-7-4-8-18-13)10-12-5-2-1-3-6-12/h1-3,5-6,13H,4,7-11,15H2. The molecule has 0 aliphatic carbocycles. The second-order valence-corrected chi connectivity index (χ2v) is 4.60. The van der Waals surface area contributed by atoms with Gasteiger partial charge in [-0.25, -0.2) is 0 Å². The van der Waals surface area contributed by atoms with Crippen LogP contribution in [0.4, 0.5) is 0 Å². The van der Waals surface area contributed by atoms with Gasteiger partial charge in [0, 0.05) is 19.7 Å². The molecule has 4 nitrogen and oxygen atoms in total. The lowest BCUT2D eigenvalue weighted by molar-refractivity contribution is -0.131. The van der Waals surface area contributed by atoms with E-state index < -0.39 is 0 Å². The molecule has 0 saturated carbocycles. The summed E-state index contributed by atoms with van der Waals surface area (Å²) >= 11 is 0. The summed E-state index contributed by atoms with van der Waals surface area (Å²) in [7, 11) is 0. The highest BCUT2D eigenvalue weighted by molar-refractivity contribution is 5.78. The molecule has 1 aromatic carbocycles. The van der Waals surface area contributed by atoms with E-state index in [0.29, 0.717) is 13.1 Å². The Labute approximate surface area is 108 Å². The van der Waals surface area contributed by atoms with Crippen molar-refractivity contribution < 1.29 is 9.53 Å². The molecule has 0 radical (unpaired) electrons. The quantitative estimate of drug-likeness (QED) is 0.850.